The molecule has 1 aromatic carbocycles. The summed E-state index contributed by atoms with van der Waals surface area (Å²) in [5.74, 6) is -0.285. The highest BCUT2D eigenvalue weighted by Crippen LogP contribution is 2.10. The molecular formula is C14H21N3O2. The molecule has 0 spiro atoms. The molecule has 1 rings (SSSR count). The number of hydrogen-bond donors (Lipinski definition) is 3. The van der Waals surface area contributed by atoms with Crippen molar-refractivity contribution in [2.75, 3.05) is 25.0 Å². The quantitative estimate of drug-likeness (QED) is 0.651. The maximum absolute atomic E-state index is 11.9. The number of carbonyl (C=O) groups is 2. The maximum Gasteiger partial charge on any atom is 0.251 e. The standard InChI is InChI=1S/C14H21N3O2/c1-3-7-15-8-9-16-14(19)12-5-4-6-13(10-12)17-11(2)18/h4-6,10,15H,3,7-9H2,1-2H3,(H,16,19)(H,17,18). The van der Waals surface area contributed by atoms with E-state index in [2.05, 4.69) is 22.9 Å². The molecule has 0 saturated heterocycles. The van der Waals surface area contributed by atoms with Gasteiger partial charge < -0.3 is 16.0 Å². The summed E-state index contributed by atoms with van der Waals surface area (Å²) in [6, 6.07) is 6.88. The lowest BCUT2D eigenvalue weighted by Crippen LogP contribution is -2.32. The Morgan fingerprint density at radius 3 is 2.63 bits per heavy atom. The number of amides is 2. The lowest BCUT2D eigenvalue weighted by Gasteiger charge is -2.08. The first-order chi connectivity index (χ1) is 9.13. The van der Waals surface area contributed by atoms with Crippen LogP contribution in [0.1, 0.15) is 30.6 Å². The van der Waals surface area contributed by atoms with Crippen LogP contribution < -0.4 is 16.0 Å². The van der Waals surface area contributed by atoms with Crippen LogP contribution >= 0.6 is 0 Å². The summed E-state index contributed by atoms with van der Waals surface area (Å²) in [5, 5.41) is 8.68. The Bertz CT molecular complexity index is 432. The van der Waals surface area contributed by atoms with Crippen molar-refractivity contribution < 1.29 is 9.59 Å². The lowest BCUT2D eigenvalue weighted by atomic mass is 10.2. The number of carbonyl (C=O) groups excluding carboxylic acids is 2. The minimum absolute atomic E-state index is 0.134. The van der Waals surface area contributed by atoms with Crippen molar-refractivity contribution in [1.82, 2.24) is 10.6 Å². The average molecular weight is 263 g/mol. The molecule has 0 radical (unpaired) electrons. The summed E-state index contributed by atoms with van der Waals surface area (Å²) in [7, 11) is 0. The number of hydrogen-bond acceptors (Lipinski definition) is 3. The van der Waals surface area contributed by atoms with E-state index in [4.69, 9.17) is 0 Å². The molecule has 5 heteroatoms. The molecule has 0 heterocycles. The fourth-order valence-electron chi connectivity index (χ4n) is 1.61. The Labute approximate surface area is 113 Å². The Morgan fingerprint density at radius 2 is 1.95 bits per heavy atom. The van der Waals surface area contributed by atoms with Gasteiger partial charge in [-0.1, -0.05) is 13.0 Å². The number of rotatable bonds is 7. The maximum atomic E-state index is 11.9. The summed E-state index contributed by atoms with van der Waals surface area (Å²) >= 11 is 0. The van der Waals surface area contributed by atoms with Crippen LogP contribution in [-0.2, 0) is 4.79 Å². The zero-order valence-electron chi connectivity index (χ0n) is 11.5. The minimum Gasteiger partial charge on any atom is -0.351 e. The molecule has 5 nitrogen and oxygen atoms in total. The molecule has 3 N–H and O–H groups in total. The number of nitrogens with one attached hydrogen (secondary N) is 3. The Balaban J connectivity index is 2.45. The zero-order chi connectivity index (χ0) is 14.1. The lowest BCUT2D eigenvalue weighted by molar-refractivity contribution is -0.114. The topological polar surface area (TPSA) is 70.2 Å². The molecule has 104 valence electrons. The van der Waals surface area contributed by atoms with Crippen molar-refractivity contribution in [3.05, 3.63) is 29.8 Å². The molecule has 0 bridgehead atoms. The first-order valence-electron chi connectivity index (χ1n) is 6.50. The molecule has 0 aliphatic heterocycles. The van der Waals surface area contributed by atoms with E-state index >= 15 is 0 Å². The van der Waals surface area contributed by atoms with Gasteiger partial charge in [0.15, 0.2) is 0 Å². The molecule has 0 saturated carbocycles. The highest BCUT2D eigenvalue weighted by Gasteiger charge is 2.05. The van der Waals surface area contributed by atoms with Gasteiger partial charge in [-0.25, -0.2) is 0 Å². The number of anilines is 1. The van der Waals surface area contributed by atoms with Gasteiger partial charge in [0.05, 0.1) is 0 Å². The van der Waals surface area contributed by atoms with Crippen molar-refractivity contribution in [2.24, 2.45) is 0 Å². The summed E-state index contributed by atoms with van der Waals surface area (Å²) in [6.45, 7) is 5.83. The Hall–Kier alpha value is -1.88. The van der Waals surface area contributed by atoms with E-state index in [1.807, 2.05) is 0 Å². The molecule has 0 unspecified atom stereocenters. The van der Waals surface area contributed by atoms with Crippen molar-refractivity contribution in [1.29, 1.82) is 0 Å². The molecule has 0 aliphatic carbocycles. The Morgan fingerprint density at radius 1 is 1.16 bits per heavy atom. The fourth-order valence-corrected chi connectivity index (χ4v) is 1.61. The van der Waals surface area contributed by atoms with Gasteiger partial charge in [0.2, 0.25) is 5.91 Å². The van der Waals surface area contributed by atoms with E-state index in [1.165, 1.54) is 6.92 Å². The van der Waals surface area contributed by atoms with Gasteiger partial charge in [-0.2, -0.15) is 0 Å². The molecule has 0 aliphatic rings. The van der Waals surface area contributed by atoms with Gasteiger partial charge in [-0.05, 0) is 31.2 Å². The van der Waals surface area contributed by atoms with E-state index in [9.17, 15) is 9.59 Å². The van der Waals surface area contributed by atoms with E-state index in [0.717, 1.165) is 19.5 Å². The van der Waals surface area contributed by atoms with Crippen molar-refractivity contribution in [2.45, 2.75) is 20.3 Å². The van der Waals surface area contributed by atoms with Crippen LogP contribution in [0.3, 0.4) is 0 Å². The molecule has 0 fully saturated rings. The van der Waals surface area contributed by atoms with Crippen molar-refractivity contribution in [3.63, 3.8) is 0 Å². The van der Waals surface area contributed by atoms with E-state index in [0.29, 0.717) is 17.8 Å². The van der Waals surface area contributed by atoms with Crippen LogP contribution in [0.25, 0.3) is 0 Å². The van der Waals surface area contributed by atoms with Crippen LogP contribution in [0.5, 0.6) is 0 Å². The minimum atomic E-state index is -0.152. The summed E-state index contributed by atoms with van der Waals surface area (Å²) in [5.41, 5.74) is 1.17. The van der Waals surface area contributed by atoms with Gasteiger partial charge in [0.1, 0.15) is 0 Å². The molecule has 2 amide bonds. The second-order valence-electron chi connectivity index (χ2n) is 4.27. The van der Waals surface area contributed by atoms with E-state index < -0.39 is 0 Å². The average Bonchev–Trinajstić information content (AvgIpc) is 2.38. The predicted octanol–water partition coefficient (Wildman–Crippen LogP) is 1.37. The summed E-state index contributed by atoms with van der Waals surface area (Å²) in [6.07, 6.45) is 1.08. The van der Waals surface area contributed by atoms with Crippen LogP contribution in [0.4, 0.5) is 5.69 Å². The smallest absolute Gasteiger partial charge is 0.251 e. The van der Waals surface area contributed by atoms with E-state index in [-0.39, 0.29) is 11.8 Å². The van der Waals surface area contributed by atoms with Crippen LogP contribution in [0.15, 0.2) is 24.3 Å². The first-order valence-corrected chi connectivity index (χ1v) is 6.50. The molecule has 0 aromatic heterocycles. The van der Waals surface area contributed by atoms with E-state index in [1.54, 1.807) is 24.3 Å². The van der Waals surface area contributed by atoms with Crippen molar-refractivity contribution in [3.8, 4) is 0 Å². The molecule has 1 aromatic rings. The highest BCUT2D eigenvalue weighted by molar-refractivity contribution is 5.96. The van der Waals surface area contributed by atoms with Gasteiger partial charge in [-0.15, -0.1) is 0 Å². The van der Waals surface area contributed by atoms with Crippen LogP contribution in [0, 0.1) is 0 Å². The zero-order valence-corrected chi connectivity index (χ0v) is 11.5. The second-order valence-corrected chi connectivity index (χ2v) is 4.27. The van der Waals surface area contributed by atoms with Crippen molar-refractivity contribution >= 4 is 17.5 Å². The largest absolute Gasteiger partial charge is 0.351 e. The third-order valence-electron chi connectivity index (χ3n) is 2.46. The van der Waals surface area contributed by atoms with Gasteiger partial charge in [-0.3, -0.25) is 9.59 Å². The van der Waals surface area contributed by atoms with Crippen LogP contribution in [0.2, 0.25) is 0 Å². The number of benzene rings is 1. The third kappa shape index (κ3) is 6.01. The first kappa shape index (κ1) is 15.2. The van der Waals surface area contributed by atoms with Gasteiger partial charge >= 0.3 is 0 Å². The van der Waals surface area contributed by atoms with Crippen LogP contribution in [-0.4, -0.2) is 31.4 Å². The summed E-state index contributed by atoms with van der Waals surface area (Å²) in [4.78, 5) is 22.8. The molecule has 19 heavy (non-hydrogen) atoms. The predicted molar refractivity (Wildman–Crippen MR) is 76.2 cm³/mol. The monoisotopic (exact) mass is 263 g/mol. The second kappa shape index (κ2) is 8.26. The molecule has 0 atom stereocenters. The highest BCUT2D eigenvalue weighted by atomic mass is 16.2. The SMILES string of the molecule is CCCNCCNC(=O)c1cccc(NC(C)=O)c1. The van der Waals surface area contributed by atoms with Gasteiger partial charge in [0, 0.05) is 31.3 Å². The Kier molecular flexibility index (Phi) is 6.60. The summed E-state index contributed by atoms with van der Waals surface area (Å²) < 4.78 is 0. The third-order valence-corrected chi connectivity index (χ3v) is 2.46. The molecular weight excluding hydrogens is 242 g/mol. The normalized spacial score (nSPS) is 10.0. The fraction of sp³-hybridized carbons (Fsp3) is 0.429. The van der Waals surface area contributed by atoms with Gasteiger partial charge in [0.25, 0.3) is 5.91 Å².